The summed E-state index contributed by atoms with van der Waals surface area (Å²) in [4.78, 5) is 16.3. The zero-order valence-electron chi connectivity index (χ0n) is 20.6. The summed E-state index contributed by atoms with van der Waals surface area (Å²) in [6.45, 7) is 9.65. The topological polar surface area (TPSA) is 52.3 Å². The van der Waals surface area contributed by atoms with Crippen LogP contribution in [0.25, 0.3) is 0 Å². The quantitative estimate of drug-likeness (QED) is 0.465. The van der Waals surface area contributed by atoms with E-state index in [4.69, 9.17) is 9.15 Å². The van der Waals surface area contributed by atoms with Crippen molar-refractivity contribution in [3.05, 3.63) is 17.8 Å². The van der Waals surface area contributed by atoms with Crippen molar-refractivity contribution in [3.63, 3.8) is 0 Å². The number of aromatic nitrogens is 1. The monoisotopic (exact) mass is 441 g/mol. The van der Waals surface area contributed by atoms with Crippen molar-refractivity contribution >= 4 is 5.97 Å². The van der Waals surface area contributed by atoms with Gasteiger partial charge in [-0.15, -0.1) is 0 Å². The van der Waals surface area contributed by atoms with Gasteiger partial charge in [-0.1, -0.05) is 27.2 Å². The van der Waals surface area contributed by atoms with E-state index in [1.54, 1.807) is 0 Å². The van der Waals surface area contributed by atoms with Crippen LogP contribution in [-0.2, 0) is 11.2 Å². The summed E-state index contributed by atoms with van der Waals surface area (Å²) >= 11 is 0. The second-order valence-electron chi connectivity index (χ2n) is 12.1. The molecule has 0 amide bonds. The van der Waals surface area contributed by atoms with E-state index in [9.17, 15) is 4.79 Å². The molecule has 4 nitrogen and oxygen atoms in total. The Bertz CT molecular complexity index is 817. The molecule has 0 aromatic carbocycles. The van der Waals surface area contributed by atoms with Gasteiger partial charge in [-0.25, -0.2) is 9.78 Å². The van der Waals surface area contributed by atoms with Crippen LogP contribution < -0.4 is 0 Å². The van der Waals surface area contributed by atoms with Crippen molar-refractivity contribution in [1.82, 2.24) is 4.98 Å². The molecule has 0 saturated heterocycles. The molecule has 5 rings (SSSR count). The number of nitrogens with zero attached hydrogens (tertiary/aromatic N) is 1. The molecule has 0 bridgehead atoms. The maximum atomic E-state index is 11.9. The highest BCUT2D eigenvalue weighted by Crippen LogP contribution is 2.65. The van der Waals surface area contributed by atoms with Gasteiger partial charge in [0.2, 0.25) is 5.76 Å². The van der Waals surface area contributed by atoms with E-state index in [1.807, 2.05) is 6.92 Å². The van der Waals surface area contributed by atoms with Crippen LogP contribution in [0.4, 0.5) is 0 Å². The van der Waals surface area contributed by atoms with Gasteiger partial charge in [-0.2, -0.15) is 0 Å². The van der Waals surface area contributed by atoms with Crippen LogP contribution in [0, 0.1) is 52.8 Å². The lowest BCUT2D eigenvalue weighted by molar-refractivity contribution is -0.0730. The van der Waals surface area contributed by atoms with Gasteiger partial charge in [0.1, 0.15) is 0 Å². The Hall–Kier alpha value is -1.32. The minimum absolute atomic E-state index is 0.239. The molecule has 0 spiro atoms. The molecule has 0 radical (unpaired) electrons. The standard InChI is InChI=1S/C28H43NO3/c1-5-31-27(30)25-16-29-26(32-25)15-18(3)23-10-11-24-22-9-7-19-14-17(2)6-8-20(19)21(22)12-13-28(23,24)4/h16-24H,5-15H2,1-4H3. The largest absolute Gasteiger partial charge is 0.460 e. The van der Waals surface area contributed by atoms with Gasteiger partial charge < -0.3 is 9.15 Å². The Morgan fingerprint density at radius 3 is 2.78 bits per heavy atom. The van der Waals surface area contributed by atoms with E-state index in [0.717, 1.165) is 47.8 Å². The third-order valence-corrected chi connectivity index (χ3v) is 10.5. The van der Waals surface area contributed by atoms with Crippen LogP contribution in [0.15, 0.2) is 10.6 Å². The van der Waals surface area contributed by atoms with Gasteiger partial charge in [0.05, 0.1) is 12.8 Å². The third kappa shape index (κ3) is 3.84. The summed E-state index contributed by atoms with van der Waals surface area (Å²) in [6.07, 6.45) is 15.4. The molecule has 1 aromatic rings. The molecule has 1 aromatic heterocycles. The number of carbonyl (C=O) groups is 1. The van der Waals surface area contributed by atoms with Crippen LogP contribution in [0.3, 0.4) is 0 Å². The fourth-order valence-corrected chi connectivity index (χ4v) is 9.18. The zero-order valence-corrected chi connectivity index (χ0v) is 20.6. The van der Waals surface area contributed by atoms with Gasteiger partial charge in [-0.3, -0.25) is 0 Å². The molecule has 4 saturated carbocycles. The van der Waals surface area contributed by atoms with Gasteiger partial charge in [0.25, 0.3) is 0 Å². The van der Waals surface area contributed by atoms with Gasteiger partial charge in [-0.05, 0) is 111 Å². The van der Waals surface area contributed by atoms with Crippen molar-refractivity contribution in [3.8, 4) is 0 Å². The molecule has 4 heteroatoms. The predicted molar refractivity (Wildman–Crippen MR) is 125 cm³/mol. The van der Waals surface area contributed by atoms with Crippen molar-refractivity contribution in [2.75, 3.05) is 6.61 Å². The average Bonchev–Trinajstić information content (AvgIpc) is 3.37. The predicted octanol–water partition coefficient (Wildman–Crippen LogP) is 6.93. The molecule has 32 heavy (non-hydrogen) atoms. The van der Waals surface area contributed by atoms with Crippen LogP contribution >= 0.6 is 0 Å². The Kier molecular flexibility index (Phi) is 6.18. The number of ether oxygens (including phenoxy) is 1. The van der Waals surface area contributed by atoms with Crippen molar-refractivity contribution < 1.29 is 13.9 Å². The molecule has 4 fully saturated rings. The molecule has 0 N–H and O–H groups in total. The number of fused-ring (bicyclic) bond motifs is 5. The maximum Gasteiger partial charge on any atom is 0.375 e. The lowest BCUT2D eigenvalue weighted by Crippen LogP contribution is -2.49. The molecule has 9 atom stereocenters. The van der Waals surface area contributed by atoms with Crippen molar-refractivity contribution in [2.24, 2.45) is 52.8 Å². The lowest BCUT2D eigenvalue weighted by Gasteiger charge is -2.56. The van der Waals surface area contributed by atoms with Crippen LogP contribution in [0.2, 0.25) is 0 Å². The van der Waals surface area contributed by atoms with E-state index >= 15 is 0 Å². The second kappa shape index (κ2) is 8.80. The Labute approximate surface area is 194 Å². The highest BCUT2D eigenvalue weighted by atomic mass is 16.5. The van der Waals surface area contributed by atoms with E-state index in [1.165, 1.54) is 64.0 Å². The van der Waals surface area contributed by atoms with E-state index in [-0.39, 0.29) is 5.76 Å². The lowest BCUT2D eigenvalue weighted by atomic mass is 9.49. The molecule has 0 aliphatic heterocycles. The first-order chi connectivity index (χ1) is 15.4. The minimum Gasteiger partial charge on any atom is -0.460 e. The van der Waals surface area contributed by atoms with E-state index in [0.29, 0.717) is 23.8 Å². The summed E-state index contributed by atoms with van der Waals surface area (Å²) in [7, 11) is 0. The number of hydrogen-bond donors (Lipinski definition) is 0. The maximum absolute atomic E-state index is 11.9. The van der Waals surface area contributed by atoms with Crippen molar-refractivity contribution in [2.45, 2.75) is 91.9 Å². The first-order valence-electron chi connectivity index (χ1n) is 13.5. The van der Waals surface area contributed by atoms with Crippen LogP contribution in [0.1, 0.15) is 102 Å². The highest BCUT2D eigenvalue weighted by Gasteiger charge is 2.57. The average molecular weight is 442 g/mol. The smallest absolute Gasteiger partial charge is 0.375 e. The molecule has 1 heterocycles. The molecular formula is C28H43NO3. The van der Waals surface area contributed by atoms with E-state index < -0.39 is 5.97 Å². The summed E-state index contributed by atoms with van der Waals surface area (Å²) in [5, 5.41) is 0. The summed E-state index contributed by atoms with van der Waals surface area (Å²) in [5.41, 5.74) is 0.464. The summed E-state index contributed by atoms with van der Waals surface area (Å²) in [6, 6.07) is 0. The number of hydrogen-bond acceptors (Lipinski definition) is 4. The normalized spacial score (nSPS) is 41.9. The third-order valence-electron chi connectivity index (χ3n) is 10.5. The van der Waals surface area contributed by atoms with Gasteiger partial charge in [0.15, 0.2) is 5.89 Å². The van der Waals surface area contributed by atoms with Gasteiger partial charge in [0, 0.05) is 6.42 Å². The molecule has 4 aliphatic carbocycles. The number of esters is 1. The van der Waals surface area contributed by atoms with Crippen molar-refractivity contribution in [1.29, 1.82) is 0 Å². The van der Waals surface area contributed by atoms with Gasteiger partial charge >= 0.3 is 5.97 Å². The van der Waals surface area contributed by atoms with E-state index in [2.05, 4.69) is 25.8 Å². The Balaban J connectivity index is 1.26. The first-order valence-corrected chi connectivity index (χ1v) is 13.5. The molecule has 4 aliphatic rings. The first kappa shape index (κ1) is 22.5. The molecular weight excluding hydrogens is 398 g/mol. The Morgan fingerprint density at radius 1 is 1.16 bits per heavy atom. The molecule has 178 valence electrons. The van der Waals surface area contributed by atoms with Crippen LogP contribution in [-0.4, -0.2) is 17.6 Å². The summed E-state index contributed by atoms with van der Waals surface area (Å²) in [5.74, 6) is 7.69. The SMILES string of the molecule is CCOC(=O)c1cnc(CC(C)C2CCC3C4CCC5CC(C)CCC5C4CCC23C)o1. The second-order valence-corrected chi connectivity index (χ2v) is 12.1. The number of oxazole rings is 1. The zero-order chi connectivity index (χ0) is 22.5. The highest BCUT2D eigenvalue weighted by molar-refractivity contribution is 5.85. The van der Waals surface area contributed by atoms with Crippen LogP contribution in [0.5, 0.6) is 0 Å². The number of rotatable bonds is 5. The fraction of sp³-hybridized carbons (Fsp3) is 0.857. The summed E-state index contributed by atoms with van der Waals surface area (Å²) < 4.78 is 10.8. The fourth-order valence-electron chi connectivity index (χ4n) is 9.18. The molecule has 9 unspecified atom stereocenters. The minimum atomic E-state index is -0.405. The Morgan fingerprint density at radius 2 is 1.97 bits per heavy atom. The number of carbonyl (C=O) groups excluding carboxylic acids is 1.